The third kappa shape index (κ3) is 3.47. The molecule has 0 amide bonds. The van der Waals surface area contributed by atoms with Crippen LogP contribution in [0, 0.1) is 6.92 Å². The van der Waals surface area contributed by atoms with Crippen molar-refractivity contribution >= 4 is 31.4 Å². The topological polar surface area (TPSA) is 74.8 Å². The fourth-order valence-corrected chi connectivity index (χ4v) is 8.02. The number of rotatable bonds is 4. The third-order valence-corrected chi connectivity index (χ3v) is 10.5. The Morgan fingerprint density at radius 1 is 0.815 bits per heavy atom. The Kier molecular flexibility index (Phi) is 4.92. The van der Waals surface area contributed by atoms with Crippen LogP contribution in [0.3, 0.4) is 0 Å². The first-order valence-corrected chi connectivity index (χ1v) is 12.7. The molecule has 27 heavy (non-hydrogen) atoms. The van der Waals surface area contributed by atoms with Crippen molar-refractivity contribution < 1.29 is 16.8 Å². The van der Waals surface area contributed by atoms with Crippen LogP contribution in [0.4, 0.5) is 0 Å². The molecule has 1 saturated heterocycles. The molecule has 0 spiro atoms. The summed E-state index contributed by atoms with van der Waals surface area (Å²) in [5.41, 5.74) is 2.35. The van der Waals surface area contributed by atoms with Crippen LogP contribution in [-0.4, -0.2) is 51.6 Å². The fourth-order valence-electron chi connectivity index (χ4n) is 3.69. The Labute approximate surface area is 164 Å². The van der Waals surface area contributed by atoms with Gasteiger partial charge in [0.05, 0.1) is 4.90 Å². The maximum absolute atomic E-state index is 13.0. The van der Waals surface area contributed by atoms with E-state index in [0.717, 1.165) is 29.7 Å². The van der Waals surface area contributed by atoms with E-state index in [1.165, 1.54) is 25.5 Å². The van der Waals surface area contributed by atoms with E-state index in [1.54, 1.807) is 24.3 Å². The average Bonchev–Trinajstić information content (AvgIpc) is 3.30. The molecule has 2 aliphatic rings. The number of hydrogen-bond acceptors (Lipinski definition) is 5. The van der Waals surface area contributed by atoms with Gasteiger partial charge in [0, 0.05) is 31.1 Å². The van der Waals surface area contributed by atoms with Crippen molar-refractivity contribution in [2.75, 3.05) is 26.2 Å². The maximum Gasteiger partial charge on any atom is 0.252 e. The normalized spacial score (nSPS) is 19.3. The van der Waals surface area contributed by atoms with E-state index in [-0.39, 0.29) is 26.2 Å². The van der Waals surface area contributed by atoms with Crippen LogP contribution in [0.2, 0.25) is 0 Å². The molecule has 6 nitrogen and oxygen atoms in total. The molecular weight excluding hydrogens is 404 g/mol. The molecule has 2 heterocycles. The molecule has 1 aromatic carbocycles. The van der Waals surface area contributed by atoms with E-state index in [0.29, 0.717) is 9.10 Å². The zero-order valence-corrected chi connectivity index (χ0v) is 17.5. The quantitative estimate of drug-likeness (QED) is 0.751. The smallest absolute Gasteiger partial charge is 0.207 e. The van der Waals surface area contributed by atoms with Crippen molar-refractivity contribution in [3.8, 4) is 0 Å². The Bertz CT molecular complexity index is 1070. The predicted molar refractivity (Wildman–Crippen MR) is 105 cm³/mol. The minimum Gasteiger partial charge on any atom is -0.207 e. The third-order valence-electron chi connectivity index (χ3n) is 5.22. The van der Waals surface area contributed by atoms with E-state index in [9.17, 15) is 16.8 Å². The van der Waals surface area contributed by atoms with E-state index in [1.807, 2.05) is 13.0 Å². The first kappa shape index (κ1) is 19.1. The molecule has 0 saturated carbocycles. The molecule has 1 fully saturated rings. The number of nitrogens with zero attached hydrogens (tertiary/aromatic N) is 2. The van der Waals surface area contributed by atoms with Gasteiger partial charge in [0.2, 0.25) is 10.0 Å². The Balaban J connectivity index is 1.50. The summed E-state index contributed by atoms with van der Waals surface area (Å²) in [6, 6.07) is 8.77. The number of sulfonamides is 2. The van der Waals surface area contributed by atoms with Crippen LogP contribution in [0.1, 0.15) is 22.4 Å². The lowest BCUT2D eigenvalue weighted by molar-refractivity contribution is 0.273. The summed E-state index contributed by atoms with van der Waals surface area (Å²) >= 11 is 1.24. The fraction of sp³-hybridized carbons (Fsp3) is 0.444. The highest BCUT2D eigenvalue weighted by atomic mass is 32.2. The first-order valence-electron chi connectivity index (χ1n) is 8.97. The van der Waals surface area contributed by atoms with Crippen LogP contribution < -0.4 is 0 Å². The molecule has 146 valence electrons. The molecule has 0 N–H and O–H groups in total. The summed E-state index contributed by atoms with van der Waals surface area (Å²) in [5.74, 6) is 0. The van der Waals surface area contributed by atoms with Crippen molar-refractivity contribution in [1.29, 1.82) is 0 Å². The van der Waals surface area contributed by atoms with Crippen molar-refractivity contribution in [3.05, 3.63) is 46.3 Å². The molecular formula is C18H22N2O4S3. The molecule has 0 bridgehead atoms. The SMILES string of the molecule is Cc1ccc(S(=O)(=O)N2CCN(S(=O)(=O)c3ccc4c(c3)CCC4)CC2)s1. The highest BCUT2D eigenvalue weighted by Gasteiger charge is 2.34. The van der Waals surface area contributed by atoms with E-state index < -0.39 is 20.0 Å². The molecule has 4 rings (SSSR count). The summed E-state index contributed by atoms with van der Waals surface area (Å²) in [7, 11) is -7.15. The molecule has 2 aromatic rings. The van der Waals surface area contributed by atoms with Gasteiger partial charge in [-0.2, -0.15) is 8.61 Å². The monoisotopic (exact) mass is 426 g/mol. The van der Waals surface area contributed by atoms with Gasteiger partial charge in [-0.25, -0.2) is 16.8 Å². The minimum absolute atomic E-state index is 0.170. The van der Waals surface area contributed by atoms with Gasteiger partial charge in [0.15, 0.2) is 0 Å². The Hall–Kier alpha value is -1.26. The summed E-state index contributed by atoms with van der Waals surface area (Å²) in [4.78, 5) is 1.25. The van der Waals surface area contributed by atoms with Crippen molar-refractivity contribution in [1.82, 2.24) is 8.61 Å². The molecule has 1 aliphatic carbocycles. The summed E-state index contributed by atoms with van der Waals surface area (Å²) < 4.78 is 54.5. The van der Waals surface area contributed by atoms with Crippen molar-refractivity contribution in [2.45, 2.75) is 35.3 Å². The molecule has 0 radical (unpaired) electrons. The molecule has 0 atom stereocenters. The van der Waals surface area contributed by atoms with E-state index in [2.05, 4.69) is 0 Å². The highest BCUT2D eigenvalue weighted by molar-refractivity contribution is 7.91. The summed E-state index contributed by atoms with van der Waals surface area (Å²) in [6.07, 6.45) is 3.00. The van der Waals surface area contributed by atoms with Gasteiger partial charge in [-0.05, 0) is 61.6 Å². The van der Waals surface area contributed by atoms with Crippen molar-refractivity contribution in [2.24, 2.45) is 0 Å². The number of piperazine rings is 1. The second-order valence-electron chi connectivity index (χ2n) is 6.96. The van der Waals surface area contributed by atoms with E-state index in [4.69, 9.17) is 0 Å². The number of hydrogen-bond donors (Lipinski definition) is 0. The first-order chi connectivity index (χ1) is 12.8. The Morgan fingerprint density at radius 2 is 1.44 bits per heavy atom. The second-order valence-corrected chi connectivity index (χ2v) is 12.3. The second kappa shape index (κ2) is 6.97. The lowest BCUT2D eigenvalue weighted by Gasteiger charge is -2.33. The van der Waals surface area contributed by atoms with Crippen molar-refractivity contribution in [3.63, 3.8) is 0 Å². The number of fused-ring (bicyclic) bond motifs is 1. The highest BCUT2D eigenvalue weighted by Crippen LogP contribution is 2.28. The largest absolute Gasteiger partial charge is 0.252 e. The average molecular weight is 427 g/mol. The van der Waals surface area contributed by atoms with Gasteiger partial charge in [-0.3, -0.25) is 0 Å². The minimum atomic E-state index is -3.60. The van der Waals surface area contributed by atoms with Gasteiger partial charge in [-0.15, -0.1) is 11.3 Å². The standard InChI is InChI=1S/C18H22N2O4S3/c1-14-5-8-18(25-14)27(23,24)20-11-9-19(10-12-20)26(21,22)17-7-6-15-3-2-4-16(15)13-17/h5-8,13H,2-4,9-12H2,1H3. The summed E-state index contributed by atoms with van der Waals surface area (Å²) in [5, 5.41) is 0. The zero-order chi connectivity index (χ0) is 19.2. The van der Waals surface area contributed by atoms with Gasteiger partial charge < -0.3 is 0 Å². The van der Waals surface area contributed by atoms with Crippen LogP contribution in [0.15, 0.2) is 39.4 Å². The van der Waals surface area contributed by atoms with Gasteiger partial charge in [0.25, 0.3) is 10.0 Å². The van der Waals surface area contributed by atoms with Crippen LogP contribution in [-0.2, 0) is 32.9 Å². The summed E-state index contributed by atoms with van der Waals surface area (Å²) in [6.45, 7) is 2.55. The molecule has 1 aromatic heterocycles. The van der Waals surface area contributed by atoms with Gasteiger partial charge in [-0.1, -0.05) is 6.07 Å². The van der Waals surface area contributed by atoms with E-state index >= 15 is 0 Å². The molecule has 9 heteroatoms. The van der Waals surface area contributed by atoms with Crippen LogP contribution in [0.5, 0.6) is 0 Å². The zero-order valence-electron chi connectivity index (χ0n) is 15.1. The Morgan fingerprint density at radius 3 is 2.07 bits per heavy atom. The van der Waals surface area contributed by atoms with Gasteiger partial charge in [0.1, 0.15) is 4.21 Å². The van der Waals surface area contributed by atoms with Crippen LogP contribution in [0.25, 0.3) is 0 Å². The molecule has 0 unspecified atom stereocenters. The maximum atomic E-state index is 13.0. The lowest BCUT2D eigenvalue weighted by Crippen LogP contribution is -2.50. The molecule has 1 aliphatic heterocycles. The lowest BCUT2D eigenvalue weighted by atomic mass is 10.1. The number of thiophene rings is 1. The van der Waals surface area contributed by atoms with Gasteiger partial charge >= 0.3 is 0 Å². The number of benzene rings is 1. The van der Waals surface area contributed by atoms with Crippen LogP contribution >= 0.6 is 11.3 Å². The predicted octanol–water partition coefficient (Wildman–Crippen LogP) is 2.24. The number of aryl methyl sites for hydroxylation is 3.